The van der Waals surface area contributed by atoms with Crippen LogP contribution in [-0.4, -0.2) is 48.3 Å². The number of sulfonamides is 1. The Hall–Kier alpha value is -0.810. The predicted octanol–water partition coefficient (Wildman–Crippen LogP) is 4.45. The summed E-state index contributed by atoms with van der Waals surface area (Å²) >= 11 is 4.64. The van der Waals surface area contributed by atoms with Crippen molar-refractivity contribution < 1.29 is 18.3 Å². The molecule has 0 fully saturated rings. The molecule has 0 unspecified atom stereocenters. The fourth-order valence-corrected chi connectivity index (χ4v) is 6.50. The van der Waals surface area contributed by atoms with Gasteiger partial charge in [-0.15, -0.1) is 11.3 Å². The zero-order valence-electron chi connectivity index (χ0n) is 16.0. The van der Waals surface area contributed by atoms with Gasteiger partial charge in [0, 0.05) is 5.75 Å². The molecule has 0 aliphatic heterocycles. The van der Waals surface area contributed by atoms with Crippen LogP contribution in [0.1, 0.15) is 39.0 Å². The van der Waals surface area contributed by atoms with Gasteiger partial charge in [-0.2, -0.15) is 16.5 Å². The quantitative estimate of drug-likeness (QED) is 0.335. The van der Waals surface area contributed by atoms with Crippen LogP contribution < -0.4 is 4.72 Å². The summed E-state index contributed by atoms with van der Waals surface area (Å²) in [7, 11) is -3.91. The van der Waals surface area contributed by atoms with E-state index < -0.39 is 22.0 Å². The highest BCUT2D eigenvalue weighted by Crippen LogP contribution is 2.31. The lowest BCUT2D eigenvalue weighted by molar-refractivity contribution is -0.139. The van der Waals surface area contributed by atoms with Gasteiger partial charge >= 0.3 is 5.97 Å². The lowest BCUT2D eigenvalue weighted by Crippen LogP contribution is -2.41. The van der Waals surface area contributed by atoms with Gasteiger partial charge in [0.15, 0.2) is 4.34 Å². The zero-order chi connectivity index (χ0) is 20.6. The minimum Gasteiger partial charge on any atom is -0.480 e. The topological polar surface area (TPSA) is 96.4 Å². The van der Waals surface area contributed by atoms with Crippen LogP contribution in [0.3, 0.4) is 0 Å². The van der Waals surface area contributed by atoms with E-state index in [1.807, 2.05) is 6.26 Å². The molecule has 2 rings (SSSR count). The lowest BCUT2D eigenvalue weighted by Gasteiger charge is -2.14. The third-order valence-electron chi connectivity index (χ3n) is 4.08. The van der Waals surface area contributed by atoms with Crippen LogP contribution in [-0.2, 0) is 14.8 Å². The van der Waals surface area contributed by atoms with Crippen LogP contribution >= 0.6 is 34.9 Å². The van der Waals surface area contributed by atoms with Crippen LogP contribution in [0.5, 0.6) is 0 Å². The first-order chi connectivity index (χ1) is 13.4. The van der Waals surface area contributed by atoms with Gasteiger partial charge in [0.05, 0.1) is 15.1 Å². The van der Waals surface area contributed by atoms with Crippen molar-refractivity contribution in [3.05, 3.63) is 18.2 Å². The Morgan fingerprint density at radius 1 is 1.29 bits per heavy atom. The van der Waals surface area contributed by atoms with Gasteiger partial charge in [-0.1, -0.05) is 37.9 Å². The summed E-state index contributed by atoms with van der Waals surface area (Å²) in [4.78, 5) is 16.0. The average Bonchev–Trinajstić information content (AvgIpc) is 3.06. The van der Waals surface area contributed by atoms with Gasteiger partial charge < -0.3 is 5.11 Å². The van der Waals surface area contributed by atoms with Crippen LogP contribution in [0.25, 0.3) is 10.2 Å². The molecule has 0 amide bonds. The molecule has 1 aromatic heterocycles. The van der Waals surface area contributed by atoms with Crippen molar-refractivity contribution in [3.63, 3.8) is 0 Å². The predicted molar refractivity (Wildman–Crippen MR) is 119 cm³/mol. The molecule has 2 N–H and O–H groups in total. The molecule has 0 saturated carbocycles. The number of carbonyl (C=O) groups is 1. The molecule has 10 heteroatoms. The molecule has 2 aromatic rings. The number of carboxylic acids is 1. The van der Waals surface area contributed by atoms with E-state index in [9.17, 15) is 18.3 Å². The van der Waals surface area contributed by atoms with E-state index >= 15 is 0 Å². The maximum absolute atomic E-state index is 12.6. The summed E-state index contributed by atoms with van der Waals surface area (Å²) in [6.45, 7) is 2.18. The van der Waals surface area contributed by atoms with Crippen molar-refractivity contribution in [1.82, 2.24) is 9.71 Å². The summed E-state index contributed by atoms with van der Waals surface area (Å²) in [5, 5.41) is 9.27. The molecule has 0 aliphatic rings. The molecule has 156 valence electrons. The Kier molecular flexibility index (Phi) is 9.55. The average molecular weight is 463 g/mol. The third-order valence-corrected chi connectivity index (χ3v) is 8.44. The highest BCUT2D eigenvalue weighted by Gasteiger charge is 2.25. The minimum atomic E-state index is -3.91. The van der Waals surface area contributed by atoms with Crippen molar-refractivity contribution in [2.24, 2.45) is 0 Å². The van der Waals surface area contributed by atoms with Gasteiger partial charge in [0.2, 0.25) is 10.0 Å². The number of unbranched alkanes of at least 4 members (excludes halogenated alkanes) is 3. The summed E-state index contributed by atoms with van der Waals surface area (Å²) < 4.78 is 29.3. The number of benzene rings is 1. The van der Waals surface area contributed by atoms with E-state index in [-0.39, 0.29) is 11.3 Å². The van der Waals surface area contributed by atoms with E-state index in [2.05, 4.69) is 16.6 Å². The molecule has 28 heavy (non-hydrogen) atoms. The highest BCUT2D eigenvalue weighted by molar-refractivity contribution is 8.01. The molecule has 0 spiro atoms. The van der Waals surface area contributed by atoms with Crippen molar-refractivity contribution >= 4 is 61.1 Å². The Labute approximate surface area is 179 Å². The largest absolute Gasteiger partial charge is 0.480 e. The molecule has 0 aliphatic carbocycles. The number of nitrogens with one attached hydrogen (secondary N) is 1. The number of fused-ring (bicyclic) bond motifs is 1. The Bertz CT molecular complexity index is 883. The number of nitrogens with zero attached hydrogens (tertiary/aromatic N) is 1. The number of aliphatic carboxylic acids is 1. The molecule has 0 saturated heterocycles. The molecule has 1 heterocycles. The molecular weight excluding hydrogens is 436 g/mol. The van der Waals surface area contributed by atoms with Gasteiger partial charge in [-0.05, 0) is 43.0 Å². The highest BCUT2D eigenvalue weighted by atomic mass is 32.2. The Balaban J connectivity index is 2.10. The standard InChI is InChI=1S/C18H26N2O4S4/c1-3-4-5-6-10-26-18-19-14-8-7-13(12-16(14)27-18)28(23,24)20-15(17(21)22)9-11-25-2/h7-8,12,15,20H,3-6,9-11H2,1-2H3,(H,21,22)/t15-/m1/s1. The van der Waals surface area contributed by atoms with E-state index in [4.69, 9.17) is 0 Å². The van der Waals surface area contributed by atoms with Crippen molar-refractivity contribution in [2.75, 3.05) is 17.8 Å². The van der Waals surface area contributed by atoms with Crippen LogP contribution in [0, 0.1) is 0 Å². The van der Waals surface area contributed by atoms with Crippen molar-refractivity contribution in [1.29, 1.82) is 0 Å². The van der Waals surface area contributed by atoms with Crippen molar-refractivity contribution in [2.45, 2.75) is 54.3 Å². The second-order valence-corrected chi connectivity index (χ2v) is 11.4. The van der Waals surface area contributed by atoms with E-state index in [1.54, 1.807) is 23.9 Å². The number of hydrogen-bond donors (Lipinski definition) is 2. The first-order valence-corrected chi connectivity index (χ1v) is 13.8. The van der Waals surface area contributed by atoms with Crippen LogP contribution in [0.15, 0.2) is 27.4 Å². The normalized spacial score (nSPS) is 13.1. The maximum atomic E-state index is 12.6. The Morgan fingerprint density at radius 3 is 2.75 bits per heavy atom. The summed E-state index contributed by atoms with van der Waals surface area (Å²) in [5.41, 5.74) is 0.761. The van der Waals surface area contributed by atoms with E-state index in [0.717, 1.165) is 26.7 Å². The van der Waals surface area contributed by atoms with E-state index in [0.29, 0.717) is 5.75 Å². The summed E-state index contributed by atoms with van der Waals surface area (Å²) in [5.74, 6) is 0.396. The SMILES string of the molecule is CCCCCCSc1nc2ccc(S(=O)(=O)N[C@H](CCSC)C(=O)O)cc2s1. The second-order valence-electron chi connectivity index (χ2n) is 6.31. The smallest absolute Gasteiger partial charge is 0.321 e. The number of hydrogen-bond acceptors (Lipinski definition) is 7. The first-order valence-electron chi connectivity index (χ1n) is 9.15. The molecule has 1 aromatic carbocycles. The molecule has 6 nitrogen and oxygen atoms in total. The second kappa shape index (κ2) is 11.4. The summed E-state index contributed by atoms with van der Waals surface area (Å²) in [6, 6.07) is 3.60. The van der Waals surface area contributed by atoms with Gasteiger partial charge in [0.1, 0.15) is 6.04 Å². The molecule has 1 atom stereocenters. The number of carboxylic acid groups (broad SMARTS) is 1. The van der Waals surface area contributed by atoms with Gasteiger partial charge in [-0.3, -0.25) is 4.79 Å². The fourth-order valence-electron chi connectivity index (χ4n) is 2.52. The molecule has 0 radical (unpaired) electrons. The fraction of sp³-hybridized carbons (Fsp3) is 0.556. The number of thiazole rings is 1. The summed E-state index contributed by atoms with van der Waals surface area (Å²) in [6.07, 6.45) is 6.89. The van der Waals surface area contributed by atoms with Gasteiger partial charge in [0.25, 0.3) is 0 Å². The number of rotatable bonds is 13. The van der Waals surface area contributed by atoms with E-state index in [1.165, 1.54) is 48.4 Å². The van der Waals surface area contributed by atoms with Crippen LogP contribution in [0.2, 0.25) is 0 Å². The molecule has 0 bridgehead atoms. The Morgan fingerprint density at radius 2 is 2.07 bits per heavy atom. The molecular formula is C18H26N2O4S4. The van der Waals surface area contributed by atoms with Gasteiger partial charge in [-0.25, -0.2) is 13.4 Å². The number of thioether (sulfide) groups is 2. The maximum Gasteiger partial charge on any atom is 0.321 e. The first kappa shape index (κ1) is 23.5. The third kappa shape index (κ3) is 6.91. The van der Waals surface area contributed by atoms with Crippen LogP contribution in [0.4, 0.5) is 0 Å². The monoisotopic (exact) mass is 462 g/mol. The number of aromatic nitrogens is 1. The zero-order valence-corrected chi connectivity index (χ0v) is 19.3. The van der Waals surface area contributed by atoms with Crippen molar-refractivity contribution in [3.8, 4) is 0 Å². The minimum absolute atomic E-state index is 0.0681. The lowest BCUT2D eigenvalue weighted by atomic mass is 10.2.